The highest BCUT2D eigenvalue weighted by molar-refractivity contribution is 5.92. The number of nitrogens with zero attached hydrogens (tertiary/aromatic N) is 2. The molecule has 0 aliphatic rings. The van der Waals surface area contributed by atoms with Crippen molar-refractivity contribution in [1.29, 1.82) is 0 Å². The summed E-state index contributed by atoms with van der Waals surface area (Å²) in [5.74, 6) is 0.248. The van der Waals surface area contributed by atoms with Gasteiger partial charge >= 0.3 is 6.61 Å². The van der Waals surface area contributed by atoms with Crippen molar-refractivity contribution >= 4 is 22.5 Å². The molecule has 34 heavy (non-hydrogen) atoms. The predicted octanol–water partition coefficient (Wildman–Crippen LogP) is 4.70. The Kier molecular flexibility index (Phi) is 6.82. The van der Waals surface area contributed by atoms with Crippen LogP contribution < -0.4 is 20.3 Å². The molecule has 1 aromatic heterocycles. The number of para-hydroxylation sites is 1. The molecule has 4 rings (SSSR count). The zero-order chi connectivity index (χ0) is 24.1. The van der Waals surface area contributed by atoms with Crippen molar-refractivity contribution in [2.45, 2.75) is 19.6 Å². The Balaban J connectivity index is 1.51. The summed E-state index contributed by atoms with van der Waals surface area (Å²) in [5.41, 5.74) is 1.76. The van der Waals surface area contributed by atoms with Crippen molar-refractivity contribution in [2.24, 2.45) is 0 Å². The summed E-state index contributed by atoms with van der Waals surface area (Å²) in [4.78, 5) is 29.4. The van der Waals surface area contributed by atoms with E-state index in [0.717, 1.165) is 0 Å². The maximum atomic E-state index is 12.9. The van der Waals surface area contributed by atoms with Crippen LogP contribution in [0.1, 0.15) is 6.42 Å². The highest BCUT2D eigenvalue weighted by atomic mass is 19.3. The molecule has 3 aromatic carbocycles. The number of benzene rings is 3. The van der Waals surface area contributed by atoms with Gasteiger partial charge in [0, 0.05) is 24.2 Å². The van der Waals surface area contributed by atoms with Crippen LogP contribution in [0.25, 0.3) is 22.0 Å². The Morgan fingerprint density at radius 3 is 2.59 bits per heavy atom. The van der Waals surface area contributed by atoms with Crippen molar-refractivity contribution in [3.05, 3.63) is 83.4 Å². The lowest BCUT2D eigenvalue weighted by molar-refractivity contribution is -0.116. The molecule has 0 radical (unpaired) electrons. The molecule has 1 heterocycles. The number of fused-ring (bicyclic) bond motifs is 1. The number of hydrogen-bond donors (Lipinski definition) is 1. The smallest absolute Gasteiger partial charge is 0.387 e. The monoisotopic (exact) mass is 465 g/mol. The zero-order valence-corrected chi connectivity index (χ0v) is 18.2. The van der Waals surface area contributed by atoms with Crippen molar-refractivity contribution in [2.75, 3.05) is 12.4 Å². The summed E-state index contributed by atoms with van der Waals surface area (Å²) in [6, 6.07) is 18.2. The minimum absolute atomic E-state index is 0.0209. The molecule has 174 valence electrons. The van der Waals surface area contributed by atoms with Gasteiger partial charge in [-0.05, 0) is 48.0 Å². The molecule has 1 N–H and O–H groups in total. The van der Waals surface area contributed by atoms with Gasteiger partial charge < -0.3 is 14.8 Å². The number of methoxy groups -OCH3 is 1. The number of hydrogen-bond acceptors (Lipinski definition) is 5. The topological polar surface area (TPSA) is 82.5 Å². The molecule has 0 atom stereocenters. The van der Waals surface area contributed by atoms with E-state index in [1.54, 1.807) is 54.6 Å². The molecule has 0 aliphatic carbocycles. The third kappa shape index (κ3) is 5.20. The molecule has 0 spiro atoms. The number of aryl methyl sites for hydroxylation is 1. The molecule has 4 aromatic rings. The van der Waals surface area contributed by atoms with Crippen LogP contribution in [-0.2, 0) is 11.3 Å². The van der Waals surface area contributed by atoms with Crippen molar-refractivity contribution in [3.63, 3.8) is 0 Å². The van der Waals surface area contributed by atoms with Crippen LogP contribution in [0.2, 0.25) is 0 Å². The summed E-state index contributed by atoms with van der Waals surface area (Å²) in [6.45, 7) is -2.85. The number of alkyl halides is 2. The Bertz CT molecular complexity index is 1370. The number of carbonyl (C=O) groups is 1. The molecule has 0 unspecified atom stereocenters. The van der Waals surface area contributed by atoms with E-state index >= 15 is 0 Å². The Morgan fingerprint density at radius 2 is 1.85 bits per heavy atom. The lowest BCUT2D eigenvalue weighted by Gasteiger charge is -2.14. The quantitative estimate of drug-likeness (QED) is 0.408. The van der Waals surface area contributed by atoms with Crippen LogP contribution in [0.3, 0.4) is 0 Å². The Morgan fingerprint density at radius 1 is 1.09 bits per heavy atom. The molecular weight excluding hydrogens is 444 g/mol. The first kappa shape index (κ1) is 22.9. The summed E-state index contributed by atoms with van der Waals surface area (Å²) >= 11 is 0. The number of anilines is 1. The van der Waals surface area contributed by atoms with E-state index in [1.807, 2.05) is 0 Å². The van der Waals surface area contributed by atoms with Crippen LogP contribution >= 0.6 is 0 Å². The number of nitrogens with one attached hydrogen (secondary N) is 1. The minimum Gasteiger partial charge on any atom is -0.497 e. The molecule has 9 heteroatoms. The fraction of sp³-hybridized carbons (Fsp3) is 0.160. The van der Waals surface area contributed by atoms with E-state index in [-0.39, 0.29) is 30.2 Å². The third-order valence-electron chi connectivity index (χ3n) is 5.19. The molecule has 0 bridgehead atoms. The largest absolute Gasteiger partial charge is 0.497 e. The lowest BCUT2D eigenvalue weighted by atomic mass is 10.0. The second kappa shape index (κ2) is 10.1. The van der Waals surface area contributed by atoms with Gasteiger partial charge in [0.25, 0.3) is 5.56 Å². The average molecular weight is 465 g/mol. The van der Waals surface area contributed by atoms with Gasteiger partial charge in [0.1, 0.15) is 11.5 Å². The number of aromatic nitrogens is 2. The van der Waals surface area contributed by atoms with E-state index in [1.165, 1.54) is 30.1 Å². The second-order valence-electron chi connectivity index (χ2n) is 7.38. The standard InChI is InChI=1S/C25H21F2N3O4/c1-33-18-9-6-16(7-10-18)20-14-17(8-11-22(20)34-25(26)27)29-23(31)12-13-30-15-28-21-5-3-2-4-19(21)24(30)32/h2-11,14-15,25H,12-13H2,1H3,(H,29,31). The second-order valence-corrected chi connectivity index (χ2v) is 7.38. The summed E-state index contributed by atoms with van der Waals surface area (Å²) in [5, 5.41) is 3.22. The molecule has 0 aliphatic heterocycles. The van der Waals surface area contributed by atoms with Crippen molar-refractivity contribution < 1.29 is 23.0 Å². The molecular formula is C25H21F2N3O4. The van der Waals surface area contributed by atoms with E-state index in [0.29, 0.717) is 33.5 Å². The van der Waals surface area contributed by atoms with Gasteiger partial charge in [0.15, 0.2) is 0 Å². The molecule has 0 fully saturated rings. The Hall–Kier alpha value is -4.27. The number of carbonyl (C=O) groups excluding carboxylic acids is 1. The lowest BCUT2D eigenvalue weighted by Crippen LogP contribution is -2.23. The number of rotatable bonds is 8. The SMILES string of the molecule is COc1ccc(-c2cc(NC(=O)CCn3cnc4ccccc4c3=O)ccc2OC(F)F)cc1. The Labute approximate surface area is 193 Å². The minimum atomic E-state index is -2.99. The van der Waals surface area contributed by atoms with E-state index in [4.69, 9.17) is 4.74 Å². The zero-order valence-electron chi connectivity index (χ0n) is 18.2. The summed E-state index contributed by atoms with van der Waals surface area (Å²) in [7, 11) is 1.53. The number of halogens is 2. The molecule has 0 saturated heterocycles. The fourth-order valence-corrected chi connectivity index (χ4v) is 3.51. The van der Waals surface area contributed by atoms with Gasteiger partial charge in [-0.15, -0.1) is 0 Å². The first-order chi connectivity index (χ1) is 16.4. The average Bonchev–Trinajstić information content (AvgIpc) is 2.84. The maximum Gasteiger partial charge on any atom is 0.387 e. The van der Waals surface area contributed by atoms with Crippen LogP contribution in [0.4, 0.5) is 14.5 Å². The van der Waals surface area contributed by atoms with Crippen LogP contribution in [0.15, 0.2) is 77.9 Å². The number of amides is 1. The van der Waals surface area contributed by atoms with E-state index in [2.05, 4.69) is 15.0 Å². The van der Waals surface area contributed by atoms with Crippen LogP contribution in [0, 0.1) is 0 Å². The van der Waals surface area contributed by atoms with Gasteiger partial charge in [-0.3, -0.25) is 14.2 Å². The van der Waals surface area contributed by atoms with Gasteiger partial charge in [-0.1, -0.05) is 24.3 Å². The summed E-state index contributed by atoms with van der Waals surface area (Å²) in [6.07, 6.45) is 1.43. The number of ether oxygens (including phenoxy) is 2. The van der Waals surface area contributed by atoms with Crippen LogP contribution in [-0.4, -0.2) is 29.2 Å². The third-order valence-corrected chi connectivity index (χ3v) is 5.19. The summed E-state index contributed by atoms with van der Waals surface area (Å²) < 4.78 is 36.9. The van der Waals surface area contributed by atoms with Crippen molar-refractivity contribution in [3.8, 4) is 22.6 Å². The van der Waals surface area contributed by atoms with Gasteiger partial charge in [-0.25, -0.2) is 4.98 Å². The molecule has 7 nitrogen and oxygen atoms in total. The van der Waals surface area contributed by atoms with Crippen LogP contribution in [0.5, 0.6) is 11.5 Å². The predicted molar refractivity (Wildman–Crippen MR) is 124 cm³/mol. The highest BCUT2D eigenvalue weighted by Gasteiger charge is 2.14. The first-order valence-electron chi connectivity index (χ1n) is 10.4. The normalized spacial score (nSPS) is 10.9. The van der Waals surface area contributed by atoms with Gasteiger partial charge in [0.05, 0.1) is 24.3 Å². The molecule has 1 amide bonds. The first-order valence-corrected chi connectivity index (χ1v) is 10.4. The van der Waals surface area contributed by atoms with Gasteiger partial charge in [-0.2, -0.15) is 8.78 Å². The molecule has 0 saturated carbocycles. The van der Waals surface area contributed by atoms with Gasteiger partial charge in [0.2, 0.25) is 5.91 Å². The van der Waals surface area contributed by atoms with E-state index in [9.17, 15) is 18.4 Å². The highest BCUT2D eigenvalue weighted by Crippen LogP contribution is 2.34. The fourth-order valence-electron chi connectivity index (χ4n) is 3.51. The maximum absolute atomic E-state index is 12.9. The van der Waals surface area contributed by atoms with E-state index < -0.39 is 6.61 Å². The van der Waals surface area contributed by atoms with Crippen molar-refractivity contribution in [1.82, 2.24) is 9.55 Å².